The summed E-state index contributed by atoms with van der Waals surface area (Å²) < 4.78 is 5.77. The van der Waals surface area contributed by atoms with Crippen LogP contribution in [0.3, 0.4) is 0 Å². The third-order valence-electron chi connectivity index (χ3n) is 5.02. The van der Waals surface area contributed by atoms with Crippen LogP contribution in [0.2, 0.25) is 0 Å². The van der Waals surface area contributed by atoms with Crippen LogP contribution in [-0.2, 0) is 20.9 Å². The van der Waals surface area contributed by atoms with Crippen molar-refractivity contribution in [2.75, 3.05) is 20.2 Å². The molecule has 0 spiro atoms. The Labute approximate surface area is 159 Å². The second-order valence-electron chi connectivity index (χ2n) is 6.75. The number of likely N-dealkylation sites (N-methyl/N-ethyl adjacent to an activating group) is 2. The van der Waals surface area contributed by atoms with Crippen LogP contribution >= 0.6 is 0 Å². The van der Waals surface area contributed by atoms with Crippen molar-refractivity contribution in [3.05, 3.63) is 65.5 Å². The summed E-state index contributed by atoms with van der Waals surface area (Å²) in [5.41, 5.74) is 2.92. The summed E-state index contributed by atoms with van der Waals surface area (Å²) in [6.07, 6.45) is 2.73. The normalized spacial score (nSPS) is 19.8. The maximum Gasteiger partial charge on any atom is 0.254 e. The van der Waals surface area contributed by atoms with Gasteiger partial charge in [0.1, 0.15) is 6.61 Å². The number of rotatable bonds is 5. The smallest absolute Gasteiger partial charge is 0.254 e. The summed E-state index contributed by atoms with van der Waals surface area (Å²) in [4.78, 5) is 33.1. The first-order valence-electron chi connectivity index (χ1n) is 9.13. The van der Waals surface area contributed by atoms with Gasteiger partial charge in [0, 0.05) is 32.5 Å². The molecule has 27 heavy (non-hydrogen) atoms. The Balaban J connectivity index is 1.90. The van der Waals surface area contributed by atoms with Gasteiger partial charge >= 0.3 is 0 Å². The van der Waals surface area contributed by atoms with E-state index < -0.39 is 12.1 Å². The molecule has 1 aliphatic rings. The lowest BCUT2D eigenvalue weighted by Crippen LogP contribution is -2.53. The summed E-state index contributed by atoms with van der Waals surface area (Å²) in [7, 11) is 1.74. The molecule has 3 rings (SSSR count). The molecule has 2 amide bonds. The number of aromatic nitrogens is 1. The quantitative estimate of drug-likeness (QED) is 0.814. The molecule has 6 nitrogen and oxygen atoms in total. The van der Waals surface area contributed by atoms with Crippen LogP contribution in [-0.4, -0.2) is 52.9 Å². The maximum absolute atomic E-state index is 13.3. The predicted octanol–water partition coefficient (Wildman–Crippen LogP) is 2.34. The van der Waals surface area contributed by atoms with Crippen molar-refractivity contribution >= 4 is 11.8 Å². The first-order chi connectivity index (χ1) is 13.0. The number of hydrogen-bond acceptors (Lipinski definition) is 4. The van der Waals surface area contributed by atoms with Crippen LogP contribution in [0, 0.1) is 6.92 Å². The summed E-state index contributed by atoms with van der Waals surface area (Å²) >= 11 is 0. The van der Waals surface area contributed by atoms with Crippen LogP contribution < -0.4 is 0 Å². The molecule has 6 heteroatoms. The van der Waals surface area contributed by atoms with Crippen molar-refractivity contribution in [2.24, 2.45) is 0 Å². The van der Waals surface area contributed by atoms with Crippen LogP contribution in [0.15, 0.2) is 48.8 Å². The van der Waals surface area contributed by atoms with Crippen LogP contribution in [0.4, 0.5) is 0 Å². The predicted molar refractivity (Wildman–Crippen MR) is 102 cm³/mol. The summed E-state index contributed by atoms with van der Waals surface area (Å²) in [5, 5.41) is 0. The Bertz CT molecular complexity index is 809. The molecule has 0 saturated carbocycles. The van der Waals surface area contributed by atoms with E-state index in [-0.39, 0.29) is 18.4 Å². The number of hydrogen-bond donors (Lipinski definition) is 0. The Kier molecular flexibility index (Phi) is 5.86. The molecule has 0 unspecified atom stereocenters. The number of ether oxygens (including phenoxy) is 1. The standard InChI is InChI=1S/C21H25N3O3/c1-4-24(13-16-9-7-11-22-12-16)21(26)20-19(23(3)18(25)14-27-20)17-10-6-5-8-15(17)2/h5-12,19-20H,4,13-14H2,1-3H3/t19-,20+/m1/s1. The topological polar surface area (TPSA) is 62.7 Å². The van der Waals surface area contributed by atoms with Crippen molar-refractivity contribution in [1.29, 1.82) is 0 Å². The largest absolute Gasteiger partial charge is 0.356 e. The minimum atomic E-state index is -0.731. The summed E-state index contributed by atoms with van der Waals surface area (Å²) in [6.45, 7) is 4.85. The second kappa shape index (κ2) is 8.31. The van der Waals surface area contributed by atoms with Crippen LogP contribution in [0.1, 0.15) is 29.7 Å². The van der Waals surface area contributed by atoms with E-state index in [0.717, 1.165) is 16.7 Å². The van der Waals surface area contributed by atoms with Crippen molar-refractivity contribution in [1.82, 2.24) is 14.8 Å². The van der Waals surface area contributed by atoms with E-state index in [1.807, 2.05) is 50.2 Å². The Morgan fingerprint density at radius 2 is 2.07 bits per heavy atom. The highest BCUT2D eigenvalue weighted by atomic mass is 16.5. The molecule has 142 valence electrons. The van der Waals surface area contributed by atoms with Crippen LogP contribution in [0.5, 0.6) is 0 Å². The molecular formula is C21H25N3O3. The lowest BCUT2D eigenvalue weighted by molar-refractivity contribution is -0.167. The average molecular weight is 367 g/mol. The van der Waals surface area contributed by atoms with Gasteiger partial charge in [-0.15, -0.1) is 0 Å². The van der Waals surface area contributed by atoms with Gasteiger partial charge in [0.25, 0.3) is 5.91 Å². The monoisotopic (exact) mass is 367 g/mol. The van der Waals surface area contributed by atoms with Gasteiger partial charge < -0.3 is 14.5 Å². The molecule has 0 N–H and O–H groups in total. The van der Waals surface area contributed by atoms with Gasteiger partial charge in [-0.25, -0.2) is 0 Å². The molecule has 0 radical (unpaired) electrons. The van der Waals surface area contributed by atoms with E-state index in [1.54, 1.807) is 29.2 Å². The Hall–Kier alpha value is -2.73. The number of aryl methyl sites for hydroxylation is 1. The minimum absolute atomic E-state index is 0.0836. The van der Waals surface area contributed by atoms with Gasteiger partial charge in [-0.3, -0.25) is 14.6 Å². The van der Waals surface area contributed by atoms with Crippen molar-refractivity contribution < 1.29 is 14.3 Å². The molecule has 0 bridgehead atoms. The molecular weight excluding hydrogens is 342 g/mol. The average Bonchev–Trinajstić information content (AvgIpc) is 2.69. The number of pyridine rings is 1. The van der Waals surface area contributed by atoms with Crippen molar-refractivity contribution in [3.63, 3.8) is 0 Å². The number of morpholine rings is 1. The molecule has 2 atom stereocenters. The Morgan fingerprint density at radius 1 is 1.30 bits per heavy atom. The van der Waals surface area contributed by atoms with Crippen molar-refractivity contribution in [2.45, 2.75) is 32.5 Å². The number of carbonyl (C=O) groups excluding carboxylic acids is 2. The zero-order valence-corrected chi connectivity index (χ0v) is 16.0. The summed E-state index contributed by atoms with van der Waals surface area (Å²) in [6, 6.07) is 11.2. The molecule has 1 aliphatic heterocycles. The molecule has 1 aromatic heterocycles. The maximum atomic E-state index is 13.3. The van der Waals surface area contributed by atoms with Gasteiger partial charge in [-0.05, 0) is 36.6 Å². The number of nitrogens with zero attached hydrogens (tertiary/aromatic N) is 3. The number of amides is 2. The number of benzene rings is 1. The molecule has 0 aliphatic carbocycles. The zero-order valence-electron chi connectivity index (χ0n) is 16.0. The summed E-state index contributed by atoms with van der Waals surface area (Å²) in [5.74, 6) is -0.239. The fraction of sp³-hybridized carbons (Fsp3) is 0.381. The third kappa shape index (κ3) is 4.01. The Morgan fingerprint density at radius 3 is 2.74 bits per heavy atom. The van der Waals surface area contributed by atoms with E-state index in [1.165, 1.54) is 0 Å². The lowest BCUT2D eigenvalue weighted by atomic mass is 9.93. The second-order valence-corrected chi connectivity index (χ2v) is 6.75. The third-order valence-corrected chi connectivity index (χ3v) is 5.02. The van der Waals surface area contributed by atoms with E-state index in [2.05, 4.69) is 4.98 Å². The van der Waals surface area contributed by atoms with E-state index in [0.29, 0.717) is 13.1 Å². The highest BCUT2D eigenvalue weighted by Gasteiger charge is 2.42. The van der Waals surface area contributed by atoms with Gasteiger partial charge in [0.2, 0.25) is 5.91 Å². The van der Waals surface area contributed by atoms with E-state index in [9.17, 15) is 9.59 Å². The fourth-order valence-electron chi connectivity index (χ4n) is 3.45. The fourth-order valence-corrected chi connectivity index (χ4v) is 3.45. The van der Waals surface area contributed by atoms with E-state index >= 15 is 0 Å². The van der Waals surface area contributed by atoms with E-state index in [4.69, 9.17) is 4.74 Å². The number of carbonyl (C=O) groups is 2. The van der Waals surface area contributed by atoms with Gasteiger partial charge in [0.05, 0.1) is 6.04 Å². The highest BCUT2D eigenvalue weighted by Crippen LogP contribution is 2.32. The molecule has 1 saturated heterocycles. The first kappa shape index (κ1) is 19.0. The zero-order chi connectivity index (χ0) is 19.4. The molecule has 1 aromatic carbocycles. The van der Waals surface area contributed by atoms with Gasteiger partial charge in [-0.2, -0.15) is 0 Å². The minimum Gasteiger partial charge on any atom is -0.356 e. The first-order valence-corrected chi connectivity index (χ1v) is 9.13. The highest BCUT2D eigenvalue weighted by molar-refractivity contribution is 5.86. The van der Waals surface area contributed by atoms with Gasteiger partial charge in [0.15, 0.2) is 6.10 Å². The molecule has 1 fully saturated rings. The SMILES string of the molecule is CCN(Cc1cccnc1)C(=O)[C@H]1OCC(=O)N(C)[C@@H]1c1ccccc1C. The van der Waals surface area contributed by atoms with Crippen LogP contribution in [0.25, 0.3) is 0 Å². The van der Waals surface area contributed by atoms with Crippen molar-refractivity contribution in [3.8, 4) is 0 Å². The molecule has 2 aromatic rings. The molecule has 2 heterocycles. The lowest BCUT2D eigenvalue weighted by Gasteiger charge is -2.40. The van der Waals surface area contributed by atoms with Gasteiger partial charge in [-0.1, -0.05) is 30.3 Å².